The summed E-state index contributed by atoms with van der Waals surface area (Å²) in [5.41, 5.74) is -2.33. The fourth-order valence-corrected chi connectivity index (χ4v) is 2.06. The van der Waals surface area contributed by atoms with E-state index in [0.717, 1.165) is 6.07 Å². The summed E-state index contributed by atoms with van der Waals surface area (Å²) in [6.45, 7) is 5.48. The van der Waals surface area contributed by atoms with E-state index in [-0.39, 0.29) is 23.7 Å². The Morgan fingerprint density at radius 3 is 2.04 bits per heavy atom. The van der Waals surface area contributed by atoms with Crippen LogP contribution < -0.4 is 9.47 Å². The summed E-state index contributed by atoms with van der Waals surface area (Å²) >= 11 is 0. The zero-order valence-electron chi connectivity index (χ0n) is 15.6. The molecule has 0 fully saturated rings. The molecule has 148 valence electrons. The maximum absolute atomic E-state index is 13.5. The number of carbonyl (C=O) groups excluding carboxylic acids is 1. The van der Waals surface area contributed by atoms with Gasteiger partial charge in [-0.05, 0) is 33.8 Å². The molecule has 6 nitrogen and oxygen atoms in total. The zero-order valence-corrected chi connectivity index (χ0v) is 15.6. The molecule has 0 unspecified atom stereocenters. The third kappa shape index (κ3) is 5.77. The Kier molecular flexibility index (Phi) is 7.28. The maximum Gasteiger partial charge on any atom is 0.420 e. The molecule has 0 saturated heterocycles. The van der Waals surface area contributed by atoms with E-state index in [0.29, 0.717) is 0 Å². The number of carbonyl (C=O) groups is 1. The van der Waals surface area contributed by atoms with E-state index in [1.54, 1.807) is 20.8 Å². The first-order valence-corrected chi connectivity index (χ1v) is 7.64. The maximum atomic E-state index is 13.5. The number of benzene rings is 1. The largest absolute Gasteiger partial charge is 0.467 e. The quantitative estimate of drug-likeness (QED) is 0.528. The van der Waals surface area contributed by atoms with Gasteiger partial charge in [0.2, 0.25) is 0 Å². The summed E-state index contributed by atoms with van der Waals surface area (Å²) in [6, 6.07) is 0.757. The monoisotopic (exact) mass is 380 g/mol. The van der Waals surface area contributed by atoms with Gasteiger partial charge < -0.3 is 23.7 Å². The van der Waals surface area contributed by atoms with Crippen LogP contribution in [0.25, 0.3) is 0 Å². The first kappa shape index (κ1) is 22.0. The molecule has 0 N–H and O–H groups in total. The van der Waals surface area contributed by atoms with Gasteiger partial charge in [0.15, 0.2) is 13.6 Å². The molecule has 0 aliphatic heterocycles. The normalized spacial score (nSPS) is 12.0. The first-order valence-electron chi connectivity index (χ1n) is 7.64. The Bertz CT molecular complexity index is 635. The minimum Gasteiger partial charge on any atom is -0.467 e. The third-order valence-corrected chi connectivity index (χ3v) is 3.05. The van der Waals surface area contributed by atoms with Gasteiger partial charge in [-0.3, -0.25) is 0 Å². The predicted octanol–water partition coefficient (Wildman–Crippen LogP) is 3.93. The van der Waals surface area contributed by atoms with Crippen molar-refractivity contribution in [3.63, 3.8) is 0 Å². The lowest BCUT2D eigenvalue weighted by Crippen LogP contribution is -2.26. The van der Waals surface area contributed by atoms with Crippen molar-refractivity contribution in [2.75, 3.05) is 27.8 Å². The van der Waals surface area contributed by atoms with E-state index in [2.05, 4.69) is 0 Å². The number of hydrogen-bond acceptors (Lipinski definition) is 6. The van der Waals surface area contributed by atoms with Crippen LogP contribution >= 0.6 is 0 Å². The highest BCUT2D eigenvalue weighted by Gasteiger charge is 2.39. The summed E-state index contributed by atoms with van der Waals surface area (Å²) in [6.07, 6.45) is -4.79. The summed E-state index contributed by atoms with van der Waals surface area (Å²) in [7, 11) is 2.58. The molecule has 0 aliphatic carbocycles. The molecule has 26 heavy (non-hydrogen) atoms. The summed E-state index contributed by atoms with van der Waals surface area (Å²) < 4.78 is 65.5. The van der Waals surface area contributed by atoms with Crippen LogP contribution in [0.3, 0.4) is 0 Å². The number of alkyl halides is 3. The van der Waals surface area contributed by atoms with Gasteiger partial charge in [-0.15, -0.1) is 0 Å². The minimum atomic E-state index is -4.79. The highest BCUT2D eigenvalue weighted by atomic mass is 19.4. The Labute approximate surface area is 150 Å². The number of halogens is 3. The summed E-state index contributed by atoms with van der Waals surface area (Å²) in [5, 5.41) is 0. The third-order valence-electron chi connectivity index (χ3n) is 3.05. The minimum absolute atomic E-state index is 0.135. The van der Waals surface area contributed by atoms with Crippen LogP contribution in [0.1, 0.15) is 42.3 Å². The smallest absolute Gasteiger partial charge is 0.420 e. The van der Waals surface area contributed by atoms with Crippen molar-refractivity contribution in [2.24, 2.45) is 0 Å². The van der Waals surface area contributed by atoms with E-state index < -0.39 is 35.9 Å². The molecule has 0 aliphatic rings. The van der Waals surface area contributed by atoms with Gasteiger partial charge in [0.05, 0.1) is 0 Å². The second-order valence-corrected chi connectivity index (χ2v) is 6.35. The van der Waals surface area contributed by atoms with E-state index in [1.807, 2.05) is 0 Å². The van der Waals surface area contributed by atoms with E-state index >= 15 is 0 Å². The second-order valence-electron chi connectivity index (χ2n) is 6.35. The van der Waals surface area contributed by atoms with E-state index in [1.165, 1.54) is 21.1 Å². The number of methoxy groups -OCH3 is 2. The van der Waals surface area contributed by atoms with Gasteiger partial charge >= 0.3 is 12.1 Å². The average molecular weight is 380 g/mol. The molecule has 0 heterocycles. The fraction of sp³-hybridized carbons (Fsp3) is 0.588. The zero-order chi connectivity index (χ0) is 20.1. The first-order chi connectivity index (χ1) is 11.9. The Morgan fingerprint density at radius 2 is 1.58 bits per heavy atom. The lowest BCUT2D eigenvalue weighted by Gasteiger charge is -2.24. The van der Waals surface area contributed by atoms with Gasteiger partial charge in [-0.2, -0.15) is 13.2 Å². The lowest BCUT2D eigenvalue weighted by atomic mass is 10.0. The molecule has 1 aromatic rings. The number of rotatable bonds is 7. The second kappa shape index (κ2) is 8.59. The van der Waals surface area contributed by atoms with Gasteiger partial charge in [0, 0.05) is 19.8 Å². The molecule has 0 saturated carbocycles. The van der Waals surface area contributed by atoms with E-state index in [9.17, 15) is 18.0 Å². The topological polar surface area (TPSA) is 63.2 Å². The standard InChI is InChI=1S/C17H23F3O6/c1-10-12(24-8-22-5)7-11(17(18,19)20)14(25-9-23-6)13(10)15(21)26-16(2,3)4/h7H,8-9H2,1-6H3. The van der Waals surface area contributed by atoms with Crippen molar-refractivity contribution in [1.82, 2.24) is 0 Å². The molecule has 1 rings (SSSR count). The summed E-state index contributed by atoms with van der Waals surface area (Å²) in [5.74, 6) is -1.80. The fourth-order valence-electron chi connectivity index (χ4n) is 2.06. The SMILES string of the molecule is COCOc1cc(C(F)(F)F)c(OCOC)c(C(=O)OC(C)(C)C)c1C. The van der Waals surface area contributed by atoms with Crippen LogP contribution in [0.5, 0.6) is 11.5 Å². The Hall–Kier alpha value is -2.00. The van der Waals surface area contributed by atoms with Gasteiger partial charge in [-0.25, -0.2) is 4.79 Å². The van der Waals surface area contributed by atoms with E-state index in [4.69, 9.17) is 23.7 Å². The molecular formula is C17H23F3O6. The molecule has 0 radical (unpaired) electrons. The van der Waals surface area contributed by atoms with Crippen molar-refractivity contribution in [3.8, 4) is 11.5 Å². The van der Waals surface area contributed by atoms with Gasteiger partial charge in [0.1, 0.15) is 28.2 Å². The van der Waals surface area contributed by atoms with Crippen molar-refractivity contribution >= 4 is 5.97 Å². The molecule has 0 atom stereocenters. The molecule has 0 aromatic heterocycles. The number of hydrogen-bond donors (Lipinski definition) is 0. The molecular weight excluding hydrogens is 357 g/mol. The molecule has 0 bridgehead atoms. The summed E-state index contributed by atoms with van der Waals surface area (Å²) in [4.78, 5) is 12.6. The Balaban J connectivity index is 3.64. The molecule has 1 aromatic carbocycles. The van der Waals surface area contributed by atoms with Gasteiger partial charge in [0.25, 0.3) is 0 Å². The van der Waals surface area contributed by atoms with Crippen LogP contribution in [-0.4, -0.2) is 39.4 Å². The van der Waals surface area contributed by atoms with Crippen LogP contribution in [0.4, 0.5) is 13.2 Å². The van der Waals surface area contributed by atoms with Crippen molar-refractivity contribution in [1.29, 1.82) is 0 Å². The van der Waals surface area contributed by atoms with Crippen molar-refractivity contribution in [3.05, 3.63) is 22.8 Å². The number of esters is 1. The van der Waals surface area contributed by atoms with Crippen LogP contribution in [-0.2, 0) is 20.4 Å². The van der Waals surface area contributed by atoms with Crippen molar-refractivity contribution in [2.45, 2.75) is 39.5 Å². The molecule has 0 spiro atoms. The van der Waals surface area contributed by atoms with Gasteiger partial charge in [-0.1, -0.05) is 0 Å². The predicted molar refractivity (Wildman–Crippen MR) is 86.4 cm³/mol. The highest BCUT2D eigenvalue weighted by molar-refractivity contribution is 5.96. The number of ether oxygens (including phenoxy) is 5. The van der Waals surface area contributed by atoms with Crippen molar-refractivity contribution < 1.29 is 41.7 Å². The highest BCUT2D eigenvalue weighted by Crippen LogP contribution is 2.43. The molecule has 0 amide bonds. The van der Waals surface area contributed by atoms with Crippen LogP contribution in [0.2, 0.25) is 0 Å². The van der Waals surface area contributed by atoms with Crippen LogP contribution in [0.15, 0.2) is 6.07 Å². The Morgan fingerprint density at radius 1 is 1.04 bits per heavy atom. The van der Waals surface area contributed by atoms with Crippen LogP contribution in [0, 0.1) is 6.92 Å². The average Bonchev–Trinajstić information content (AvgIpc) is 2.48. The molecule has 9 heteroatoms. The lowest BCUT2D eigenvalue weighted by molar-refractivity contribution is -0.139.